The molecule has 0 amide bonds. The second-order valence-corrected chi connectivity index (χ2v) is 7.64. The van der Waals surface area contributed by atoms with E-state index in [2.05, 4.69) is 0 Å². The zero-order valence-electron chi connectivity index (χ0n) is 13.0. The van der Waals surface area contributed by atoms with Crippen molar-refractivity contribution in [3.8, 4) is 11.5 Å². The van der Waals surface area contributed by atoms with E-state index in [1.165, 1.54) is 7.05 Å². The molecule has 1 aromatic rings. The number of nitrogens with zero attached hydrogens (tertiary/aromatic N) is 1. The first-order valence-corrected chi connectivity index (χ1v) is 8.68. The van der Waals surface area contributed by atoms with Crippen LogP contribution in [-0.4, -0.2) is 45.6 Å². The second-order valence-electron chi connectivity index (χ2n) is 5.62. The largest absolute Gasteiger partial charge is 0.464 e. The number of halogens is 1. The van der Waals surface area contributed by atoms with Crippen LogP contribution < -0.4 is 8.92 Å². The van der Waals surface area contributed by atoms with Crippen molar-refractivity contribution < 1.29 is 22.1 Å². The monoisotopic (exact) mass is 349 g/mol. The Hall–Kier alpha value is -1.02. The van der Waals surface area contributed by atoms with Gasteiger partial charge in [-0.05, 0) is 32.0 Å². The van der Waals surface area contributed by atoms with Crippen molar-refractivity contribution in [2.45, 2.75) is 25.6 Å². The summed E-state index contributed by atoms with van der Waals surface area (Å²) in [6.07, 6.45) is -0.423. The Labute approximate surface area is 136 Å². The fourth-order valence-corrected chi connectivity index (χ4v) is 3.46. The maximum absolute atomic E-state index is 12.1. The van der Waals surface area contributed by atoms with Crippen molar-refractivity contribution in [1.29, 1.82) is 0 Å². The smallest absolute Gasteiger partial charge is 0.384 e. The molecule has 0 spiro atoms. The number of alkyl halides is 1. The molecule has 0 radical (unpaired) electrons. The van der Waals surface area contributed by atoms with E-state index in [-0.39, 0.29) is 18.2 Å². The third-order valence-corrected chi connectivity index (χ3v) is 5.18. The lowest BCUT2D eigenvalue weighted by Gasteiger charge is -2.24. The fourth-order valence-electron chi connectivity index (χ4n) is 2.32. The lowest BCUT2D eigenvalue weighted by atomic mass is 9.85. The third-order valence-electron chi connectivity index (χ3n) is 3.67. The van der Waals surface area contributed by atoms with Gasteiger partial charge in [-0.1, -0.05) is 0 Å². The molecule has 124 valence electrons. The summed E-state index contributed by atoms with van der Waals surface area (Å²) >= 11 is 5.56. The standard InChI is InChI=1S/C14H20ClNO5S/c1-14(2)11-9-10(5-6-12(11)20-13(14)19-4)21-22(17,18)16(3)8-7-15/h5-6,9,13H,7-8H2,1-4H3. The molecule has 0 fully saturated rings. The van der Waals surface area contributed by atoms with Crippen molar-refractivity contribution >= 4 is 21.9 Å². The summed E-state index contributed by atoms with van der Waals surface area (Å²) in [6.45, 7) is 4.10. The second kappa shape index (κ2) is 6.23. The number of ether oxygens (including phenoxy) is 2. The predicted octanol–water partition coefficient (Wildman–Crippen LogP) is 2.12. The van der Waals surface area contributed by atoms with E-state index in [9.17, 15) is 8.42 Å². The Morgan fingerprint density at radius 3 is 2.68 bits per heavy atom. The van der Waals surface area contributed by atoms with Crippen molar-refractivity contribution in [1.82, 2.24) is 4.31 Å². The molecule has 8 heteroatoms. The van der Waals surface area contributed by atoms with E-state index < -0.39 is 22.0 Å². The average Bonchev–Trinajstić information content (AvgIpc) is 2.70. The quantitative estimate of drug-likeness (QED) is 0.736. The molecule has 0 bridgehead atoms. The van der Waals surface area contributed by atoms with Gasteiger partial charge in [0.1, 0.15) is 11.5 Å². The number of rotatable bonds is 6. The average molecular weight is 350 g/mol. The van der Waals surface area contributed by atoms with Crippen molar-refractivity contribution in [3.05, 3.63) is 23.8 Å². The van der Waals surface area contributed by atoms with Crippen LogP contribution in [0.15, 0.2) is 18.2 Å². The van der Waals surface area contributed by atoms with Crippen LogP contribution >= 0.6 is 11.6 Å². The number of fused-ring (bicyclic) bond motifs is 1. The molecule has 0 N–H and O–H groups in total. The fraction of sp³-hybridized carbons (Fsp3) is 0.571. The summed E-state index contributed by atoms with van der Waals surface area (Å²) < 4.78 is 41.3. The van der Waals surface area contributed by atoms with Crippen molar-refractivity contribution in [2.24, 2.45) is 0 Å². The van der Waals surface area contributed by atoms with E-state index in [1.54, 1.807) is 25.3 Å². The molecule has 1 heterocycles. The van der Waals surface area contributed by atoms with Crippen LogP contribution in [0.5, 0.6) is 11.5 Å². The van der Waals surface area contributed by atoms with Crippen LogP contribution in [0.2, 0.25) is 0 Å². The normalized spacial score (nSPS) is 19.8. The van der Waals surface area contributed by atoms with Gasteiger partial charge in [0.05, 0.1) is 5.41 Å². The summed E-state index contributed by atoms with van der Waals surface area (Å²) in [4.78, 5) is 0. The van der Waals surface area contributed by atoms with Crippen LogP contribution in [0.1, 0.15) is 19.4 Å². The highest BCUT2D eigenvalue weighted by Crippen LogP contribution is 2.44. The Balaban J connectivity index is 2.27. The Morgan fingerprint density at radius 2 is 2.09 bits per heavy atom. The van der Waals surface area contributed by atoms with Gasteiger partial charge in [-0.3, -0.25) is 0 Å². The summed E-state index contributed by atoms with van der Waals surface area (Å²) in [6, 6.07) is 4.90. The first-order chi connectivity index (χ1) is 10.2. The Morgan fingerprint density at radius 1 is 1.41 bits per heavy atom. The molecule has 1 aromatic carbocycles. The van der Waals surface area contributed by atoms with Gasteiger partial charge in [0, 0.05) is 32.1 Å². The Kier molecular flexibility index (Phi) is 4.91. The molecule has 0 aliphatic carbocycles. The van der Waals surface area contributed by atoms with Gasteiger partial charge in [-0.15, -0.1) is 11.6 Å². The van der Waals surface area contributed by atoms with Gasteiger partial charge in [0.15, 0.2) is 0 Å². The van der Waals surface area contributed by atoms with Gasteiger partial charge < -0.3 is 13.7 Å². The summed E-state index contributed by atoms with van der Waals surface area (Å²) in [5.74, 6) is 1.09. The topological polar surface area (TPSA) is 65.1 Å². The number of benzene rings is 1. The van der Waals surface area contributed by atoms with Crippen LogP contribution in [-0.2, 0) is 20.5 Å². The highest BCUT2D eigenvalue weighted by Gasteiger charge is 2.42. The van der Waals surface area contributed by atoms with Crippen LogP contribution in [0.3, 0.4) is 0 Å². The molecule has 0 saturated carbocycles. The maximum Gasteiger partial charge on any atom is 0.384 e. The first-order valence-electron chi connectivity index (χ1n) is 6.78. The zero-order chi connectivity index (χ0) is 16.5. The third kappa shape index (κ3) is 3.17. The van der Waals surface area contributed by atoms with Gasteiger partial charge in [-0.25, -0.2) is 0 Å². The summed E-state index contributed by atoms with van der Waals surface area (Å²) in [5.41, 5.74) is 0.432. The number of hydrogen-bond acceptors (Lipinski definition) is 5. The molecular formula is C14H20ClNO5S. The van der Waals surface area contributed by atoms with E-state index in [1.807, 2.05) is 13.8 Å². The SMILES string of the molecule is COC1Oc2ccc(OS(=O)(=O)N(C)CCCl)cc2C1(C)C. The molecular weight excluding hydrogens is 330 g/mol. The lowest BCUT2D eigenvalue weighted by Crippen LogP contribution is -2.34. The van der Waals surface area contributed by atoms with E-state index >= 15 is 0 Å². The van der Waals surface area contributed by atoms with Gasteiger partial charge in [-0.2, -0.15) is 12.7 Å². The first kappa shape index (κ1) is 17.3. The highest BCUT2D eigenvalue weighted by molar-refractivity contribution is 7.84. The number of methoxy groups -OCH3 is 1. The van der Waals surface area contributed by atoms with Gasteiger partial charge in [0.25, 0.3) is 0 Å². The van der Waals surface area contributed by atoms with Crippen molar-refractivity contribution in [3.63, 3.8) is 0 Å². The summed E-state index contributed by atoms with van der Waals surface area (Å²) in [7, 11) is -0.886. The predicted molar refractivity (Wildman–Crippen MR) is 83.8 cm³/mol. The zero-order valence-corrected chi connectivity index (χ0v) is 14.6. The van der Waals surface area contributed by atoms with Crippen molar-refractivity contribution in [2.75, 3.05) is 26.6 Å². The molecule has 1 aliphatic rings. The molecule has 1 aliphatic heterocycles. The molecule has 2 rings (SSSR count). The van der Waals surface area contributed by atoms with E-state index in [4.69, 9.17) is 25.3 Å². The number of hydrogen-bond donors (Lipinski definition) is 0. The highest BCUT2D eigenvalue weighted by atomic mass is 35.5. The molecule has 22 heavy (non-hydrogen) atoms. The summed E-state index contributed by atoms with van der Waals surface area (Å²) in [5, 5.41) is 0. The minimum Gasteiger partial charge on any atom is -0.464 e. The molecule has 0 saturated heterocycles. The van der Waals surface area contributed by atoms with E-state index in [0.717, 1.165) is 9.87 Å². The van der Waals surface area contributed by atoms with Crippen LogP contribution in [0.25, 0.3) is 0 Å². The maximum atomic E-state index is 12.1. The Bertz CT molecular complexity index is 647. The molecule has 1 unspecified atom stereocenters. The van der Waals surface area contributed by atoms with Gasteiger partial charge in [0.2, 0.25) is 6.29 Å². The van der Waals surface area contributed by atoms with Gasteiger partial charge >= 0.3 is 10.3 Å². The lowest BCUT2D eigenvalue weighted by molar-refractivity contribution is -0.0779. The van der Waals surface area contributed by atoms with Crippen LogP contribution in [0.4, 0.5) is 0 Å². The van der Waals surface area contributed by atoms with E-state index in [0.29, 0.717) is 5.75 Å². The minimum absolute atomic E-state index is 0.176. The molecule has 0 aromatic heterocycles. The molecule has 1 atom stereocenters. The molecule has 6 nitrogen and oxygen atoms in total. The minimum atomic E-state index is -3.87. The van der Waals surface area contributed by atoms with Crippen LogP contribution in [0, 0.1) is 0 Å².